The van der Waals surface area contributed by atoms with E-state index in [1.54, 1.807) is 6.20 Å². The minimum absolute atomic E-state index is 0.250. The Balaban J connectivity index is 2.22. The molecule has 0 aromatic carbocycles. The van der Waals surface area contributed by atoms with Crippen molar-refractivity contribution in [2.45, 2.75) is 26.5 Å². The Morgan fingerprint density at radius 1 is 1.57 bits per heavy atom. The monoisotopic (exact) mass is 192 g/mol. The maximum absolute atomic E-state index is 5.89. The highest BCUT2D eigenvalue weighted by atomic mass is 16.5. The predicted molar refractivity (Wildman–Crippen MR) is 55.2 cm³/mol. The average molecular weight is 192 g/mol. The zero-order valence-corrected chi connectivity index (χ0v) is 8.66. The Bertz CT molecular complexity index is 312. The van der Waals surface area contributed by atoms with Crippen molar-refractivity contribution in [3.05, 3.63) is 24.0 Å². The average Bonchev–Trinajstić information content (AvgIpc) is 2.39. The van der Waals surface area contributed by atoms with Crippen LogP contribution in [0, 0.1) is 5.92 Å². The Hall–Kier alpha value is -1.09. The molecule has 76 valence electrons. The third kappa shape index (κ3) is 1.87. The van der Waals surface area contributed by atoms with Gasteiger partial charge in [-0.05, 0) is 18.1 Å². The third-order valence-corrected chi connectivity index (χ3v) is 2.51. The van der Waals surface area contributed by atoms with Crippen molar-refractivity contribution in [1.82, 2.24) is 10.3 Å². The second kappa shape index (κ2) is 3.96. The summed E-state index contributed by atoms with van der Waals surface area (Å²) in [6.45, 7) is 6.05. The Labute approximate surface area is 84.5 Å². The SMILES string of the molecule is CC(C)[C@@H]1CNCc2ncccc2O1. The molecule has 0 saturated carbocycles. The topological polar surface area (TPSA) is 34.2 Å². The Kier molecular flexibility index (Phi) is 2.68. The van der Waals surface area contributed by atoms with Gasteiger partial charge in [0.15, 0.2) is 0 Å². The standard InChI is InChI=1S/C11H16N2O/c1-8(2)11-7-12-6-9-10(14-11)4-3-5-13-9/h3-5,8,11-12H,6-7H2,1-2H3/t11-/m0/s1. The highest BCUT2D eigenvalue weighted by molar-refractivity contribution is 5.27. The molecule has 1 atom stereocenters. The van der Waals surface area contributed by atoms with Crippen molar-refractivity contribution in [3.8, 4) is 5.75 Å². The number of fused-ring (bicyclic) bond motifs is 1. The number of rotatable bonds is 1. The first kappa shape index (κ1) is 9.46. The van der Waals surface area contributed by atoms with E-state index in [-0.39, 0.29) is 6.10 Å². The molecule has 0 aliphatic carbocycles. The molecule has 0 radical (unpaired) electrons. The van der Waals surface area contributed by atoms with Crippen LogP contribution in [0.1, 0.15) is 19.5 Å². The summed E-state index contributed by atoms with van der Waals surface area (Å²) >= 11 is 0. The molecule has 1 aliphatic rings. The van der Waals surface area contributed by atoms with Crippen LogP contribution in [0.15, 0.2) is 18.3 Å². The first-order valence-electron chi connectivity index (χ1n) is 5.08. The van der Waals surface area contributed by atoms with Gasteiger partial charge in [0.25, 0.3) is 0 Å². The van der Waals surface area contributed by atoms with Gasteiger partial charge >= 0.3 is 0 Å². The van der Waals surface area contributed by atoms with Crippen LogP contribution >= 0.6 is 0 Å². The van der Waals surface area contributed by atoms with Gasteiger partial charge in [0.2, 0.25) is 0 Å². The van der Waals surface area contributed by atoms with E-state index in [0.717, 1.165) is 24.5 Å². The van der Waals surface area contributed by atoms with Crippen molar-refractivity contribution in [3.63, 3.8) is 0 Å². The van der Waals surface area contributed by atoms with Gasteiger partial charge in [-0.25, -0.2) is 0 Å². The van der Waals surface area contributed by atoms with Gasteiger partial charge in [0, 0.05) is 19.3 Å². The maximum atomic E-state index is 5.89. The summed E-state index contributed by atoms with van der Waals surface area (Å²) in [7, 11) is 0. The summed E-state index contributed by atoms with van der Waals surface area (Å²) in [6, 6.07) is 3.91. The smallest absolute Gasteiger partial charge is 0.142 e. The molecule has 1 aromatic rings. The number of nitrogens with zero attached hydrogens (tertiary/aromatic N) is 1. The fourth-order valence-corrected chi connectivity index (χ4v) is 1.57. The molecule has 2 heterocycles. The Morgan fingerprint density at radius 2 is 2.43 bits per heavy atom. The normalized spacial score (nSPS) is 21.2. The predicted octanol–water partition coefficient (Wildman–Crippen LogP) is 1.59. The lowest BCUT2D eigenvalue weighted by molar-refractivity contribution is 0.155. The van der Waals surface area contributed by atoms with Crippen molar-refractivity contribution in [2.75, 3.05) is 6.54 Å². The third-order valence-electron chi connectivity index (χ3n) is 2.51. The molecule has 0 spiro atoms. The summed E-state index contributed by atoms with van der Waals surface area (Å²) in [6.07, 6.45) is 2.06. The first-order valence-corrected chi connectivity index (χ1v) is 5.08. The molecule has 3 nitrogen and oxygen atoms in total. The lowest BCUT2D eigenvalue weighted by Gasteiger charge is -2.20. The molecule has 2 rings (SSSR count). The molecule has 0 amide bonds. The highest BCUT2D eigenvalue weighted by Gasteiger charge is 2.20. The van der Waals surface area contributed by atoms with E-state index in [4.69, 9.17) is 4.74 Å². The number of pyridine rings is 1. The minimum Gasteiger partial charge on any atom is -0.487 e. The molecule has 1 aromatic heterocycles. The van der Waals surface area contributed by atoms with Gasteiger partial charge in [-0.15, -0.1) is 0 Å². The quantitative estimate of drug-likeness (QED) is 0.733. The lowest BCUT2D eigenvalue weighted by atomic mass is 10.1. The van der Waals surface area contributed by atoms with Gasteiger partial charge in [0.1, 0.15) is 11.9 Å². The molecular formula is C11H16N2O. The van der Waals surface area contributed by atoms with E-state index in [1.807, 2.05) is 12.1 Å². The van der Waals surface area contributed by atoms with Crippen LogP contribution in [-0.4, -0.2) is 17.6 Å². The summed E-state index contributed by atoms with van der Waals surface area (Å²) in [5.74, 6) is 1.45. The van der Waals surface area contributed by atoms with Crippen molar-refractivity contribution in [2.24, 2.45) is 5.92 Å². The minimum atomic E-state index is 0.250. The maximum Gasteiger partial charge on any atom is 0.142 e. The van der Waals surface area contributed by atoms with Crippen LogP contribution in [0.5, 0.6) is 5.75 Å². The van der Waals surface area contributed by atoms with Gasteiger partial charge in [0.05, 0.1) is 5.69 Å². The van der Waals surface area contributed by atoms with E-state index in [2.05, 4.69) is 24.1 Å². The van der Waals surface area contributed by atoms with E-state index in [0.29, 0.717) is 5.92 Å². The highest BCUT2D eigenvalue weighted by Crippen LogP contribution is 2.21. The number of aromatic nitrogens is 1. The van der Waals surface area contributed by atoms with Crippen LogP contribution in [0.25, 0.3) is 0 Å². The van der Waals surface area contributed by atoms with Gasteiger partial charge in [-0.3, -0.25) is 4.98 Å². The van der Waals surface area contributed by atoms with E-state index in [9.17, 15) is 0 Å². The van der Waals surface area contributed by atoms with Gasteiger partial charge < -0.3 is 10.1 Å². The molecule has 1 aliphatic heterocycles. The van der Waals surface area contributed by atoms with Crippen molar-refractivity contribution >= 4 is 0 Å². The van der Waals surface area contributed by atoms with Gasteiger partial charge in [-0.2, -0.15) is 0 Å². The van der Waals surface area contributed by atoms with Crippen LogP contribution in [0.2, 0.25) is 0 Å². The van der Waals surface area contributed by atoms with Crippen LogP contribution in [0.3, 0.4) is 0 Å². The molecule has 3 heteroatoms. The summed E-state index contributed by atoms with van der Waals surface area (Å²) in [4.78, 5) is 4.29. The molecule has 0 bridgehead atoms. The van der Waals surface area contributed by atoms with Gasteiger partial charge in [-0.1, -0.05) is 13.8 Å². The van der Waals surface area contributed by atoms with E-state index >= 15 is 0 Å². The second-order valence-corrected chi connectivity index (χ2v) is 3.98. The molecular weight excluding hydrogens is 176 g/mol. The van der Waals surface area contributed by atoms with E-state index in [1.165, 1.54) is 0 Å². The number of ether oxygens (including phenoxy) is 1. The molecule has 0 saturated heterocycles. The zero-order chi connectivity index (χ0) is 9.97. The summed E-state index contributed by atoms with van der Waals surface area (Å²) in [5, 5.41) is 3.35. The number of hydrogen-bond acceptors (Lipinski definition) is 3. The molecule has 1 N–H and O–H groups in total. The molecule has 0 fully saturated rings. The van der Waals surface area contributed by atoms with Crippen molar-refractivity contribution < 1.29 is 4.74 Å². The number of hydrogen-bond donors (Lipinski definition) is 1. The summed E-state index contributed by atoms with van der Waals surface area (Å²) in [5.41, 5.74) is 1.01. The molecule has 0 unspecified atom stereocenters. The van der Waals surface area contributed by atoms with Crippen LogP contribution < -0.4 is 10.1 Å². The number of nitrogens with one attached hydrogen (secondary N) is 1. The van der Waals surface area contributed by atoms with Crippen molar-refractivity contribution in [1.29, 1.82) is 0 Å². The van der Waals surface area contributed by atoms with Crippen LogP contribution in [-0.2, 0) is 6.54 Å². The molecule has 14 heavy (non-hydrogen) atoms. The fourth-order valence-electron chi connectivity index (χ4n) is 1.57. The Morgan fingerprint density at radius 3 is 3.21 bits per heavy atom. The lowest BCUT2D eigenvalue weighted by Crippen LogP contribution is -2.32. The van der Waals surface area contributed by atoms with E-state index < -0.39 is 0 Å². The first-order chi connectivity index (χ1) is 6.77. The largest absolute Gasteiger partial charge is 0.487 e. The van der Waals surface area contributed by atoms with Crippen LogP contribution in [0.4, 0.5) is 0 Å². The zero-order valence-electron chi connectivity index (χ0n) is 8.66. The summed E-state index contributed by atoms with van der Waals surface area (Å²) < 4.78 is 5.89. The second-order valence-electron chi connectivity index (χ2n) is 3.98. The fraction of sp³-hybridized carbons (Fsp3) is 0.545.